The van der Waals surface area contributed by atoms with Gasteiger partial charge in [0.1, 0.15) is 0 Å². The molecule has 2 aliphatic heterocycles. The number of imide groups is 2. The summed E-state index contributed by atoms with van der Waals surface area (Å²) in [5, 5.41) is 10.6. The van der Waals surface area contributed by atoms with Crippen LogP contribution >= 0.6 is 39.1 Å². The summed E-state index contributed by atoms with van der Waals surface area (Å²) in [6.07, 6.45) is 2.02. The van der Waals surface area contributed by atoms with Crippen LogP contribution in [0.2, 0.25) is 0 Å². The van der Waals surface area contributed by atoms with E-state index >= 15 is 0 Å². The number of amides is 4. The van der Waals surface area contributed by atoms with E-state index in [9.17, 15) is 24.3 Å². The number of ether oxygens (including phenoxy) is 2. The number of phenols is 1. The number of allylic oxidation sites excluding steroid dienone is 2. The van der Waals surface area contributed by atoms with Gasteiger partial charge in [0.2, 0.25) is 17.6 Å². The molecule has 4 amide bonds. The van der Waals surface area contributed by atoms with Crippen molar-refractivity contribution in [2.45, 2.75) is 54.8 Å². The Kier molecular flexibility index (Phi) is 6.59. The van der Waals surface area contributed by atoms with Gasteiger partial charge in [-0.15, -0.1) is 23.2 Å². The number of halogens is 3. The fourth-order valence-electron chi connectivity index (χ4n) is 6.87. The van der Waals surface area contributed by atoms with Crippen molar-refractivity contribution < 1.29 is 33.8 Å². The van der Waals surface area contributed by atoms with Gasteiger partial charge in [-0.05, 0) is 57.2 Å². The van der Waals surface area contributed by atoms with Crippen LogP contribution in [0.25, 0.3) is 0 Å². The van der Waals surface area contributed by atoms with Crippen molar-refractivity contribution in [2.24, 2.45) is 17.8 Å². The van der Waals surface area contributed by atoms with Gasteiger partial charge in [0, 0.05) is 11.5 Å². The number of aromatic hydroxyl groups is 1. The Morgan fingerprint density at radius 3 is 2.13 bits per heavy atom. The molecule has 3 fully saturated rings. The normalized spacial score (nSPS) is 34.1. The van der Waals surface area contributed by atoms with E-state index in [2.05, 4.69) is 15.9 Å². The summed E-state index contributed by atoms with van der Waals surface area (Å²) in [4.78, 5) is 53.2. The number of nitrogens with zero attached hydrogens (tertiary/aromatic N) is 2. The number of likely N-dealkylation sites (tertiary alicyclic amines) is 2. The molecule has 9 nitrogen and oxygen atoms in total. The smallest absolute Gasteiger partial charge is 0.254 e. The third-order valence-corrected chi connectivity index (χ3v) is 10.4. The first kappa shape index (κ1) is 28.2. The van der Waals surface area contributed by atoms with Crippen LogP contribution in [0.3, 0.4) is 0 Å². The number of carbonyl (C=O) groups excluding carboxylic acids is 4. The highest BCUT2D eigenvalue weighted by molar-refractivity contribution is 9.09. The monoisotopic (exact) mass is 642 g/mol. The molecule has 2 saturated heterocycles. The Balaban J connectivity index is 1.76. The lowest BCUT2D eigenvalue weighted by molar-refractivity contribution is -0.146. The van der Waals surface area contributed by atoms with E-state index in [0.717, 1.165) is 4.90 Å². The van der Waals surface area contributed by atoms with E-state index in [1.807, 2.05) is 6.08 Å². The largest absolute Gasteiger partial charge is 0.502 e. The fourth-order valence-corrected chi connectivity index (χ4v) is 8.29. The van der Waals surface area contributed by atoms with Crippen molar-refractivity contribution in [1.29, 1.82) is 0 Å². The van der Waals surface area contributed by atoms with E-state index in [1.165, 1.54) is 31.3 Å². The van der Waals surface area contributed by atoms with Crippen LogP contribution in [0.5, 0.6) is 17.2 Å². The van der Waals surface area contributed by atoms with Crippen LogP contribution in [0, 0.1) is 17.8 Å². The molecule has 2 heterocycles. The molecule has 210 valence electrons. The second-order valence-corrected chi connectivity index (χ2v) is 13.2. The zero-order chi connectivity index (χ0) is 28.8. The number of methoxy groups -OCH3 is 2. The molecule has 1 N–H and O–H groups in total. The molecular formula is C27H29BrCl2N2O7. The third-order valence-electron chi connectivity index (χ3n) is 8.52. The van der Waals surface area contributed by atoms with Gasteiger partial charge in [-0.3, -0.25) is 29.0 Å². The molecule has 39 heavy (non-hydrogen) atoms. The lowest BCUT2D eigenvalue weighted by atomic mass is 9.56. The molecule has 0 aromatic heterocycles. The number of hydrogen-bond acceptors (Lipinski definition) is 7. The molecule has 12 heteroatoms. The minimum atomic E-state index is -1.96. The lowest BCUT2D eigenvalue weighted by Gasteiger charge is -2.50. The van der Waals surface area contributed by atoms with Crippen LogP contribution < -0.4 is 9.47 Å². The van der Waals surface area contributed by atoms with E-state index in [-0.39, 0.29) is 47.4 Å². The molecule has 5 rings (SSSR count). The number of fused-ring (bicyclic) bond motifs is 4. The first-order chi connectivity index (χ1) is 18.2. The highest BCUT2D eigenvalue weighted by atomic mass is 79.9. The van der Waals surface area contributed by atoms with Gasteiger partial charge < -0.3 is 14.6 Å². The highest BCUT2D eigenvalue weighted by Gasteiger charge is 2.76. The first-order valence-electron chi connectivity index (χ1n) is 12.5. The van der Waals surface area contributed by atoms with Crippen LogP contribution in [0.15, 0.2) is 23.8 Å². The van der Waals surface area contributed by atoms with Crippen LogP contribution in [-0.4, -0.2) is 73.5 Å². The summed E-state index contributed by atoms with van der Waals surface area (Å²) in [6.45, 7) is 5.40. The van der Waals surface area contributed by atoms with Crippen molar-refractivity contribution in [2.75, 3.05) is 19.7 Å². The molecular weight excluding hydrogens is 615 g/mol. The predicted octanol–water partition coefficient (Wildman–Crippen LogP) is 3.92. The SMILES string of the molecule is COc1cc([C@H]2C3=CC[C@@H]4C(=O)N(C(C)(C)C)C(=O)[C@@H]4[C@@H]3C[C@@]3(Cl)C(=O)N(CBr)C(=O)[C@@]23Cl)cc(OC)c1O. The average Bonchev–Trinajstić information content (AvgIpc) is 3.22. The van der Waals surface area contributed by atoms with Crippen molar-refractivity contribution in [1.82, 2.24) is 9.80 Å². The first-order valence-corrected chi connectivity index (χ1v) is 14.4. The van der Waals surface area contributed by atoms with Gasteiger partial charge >= 0.3 is 0 Å². The minimum Gasteiger partial charge on any atom is -0.502 e. The molecule has 0 unspecified atom stereocenters. The average molecular weight is 644 g/mol. The van der Waals surface area contributed by atoms with Gasteiger partial charge in [0.05, 0.1) is 31.5 Å². The Bertz CT molecular complexity index is 1320. The van der Waals surface area contributed by atoms with Gasteiger partial charge in [0.15, 0.2) is 21.2 Å². The maximum absolute atomic E-state index is 13.9. The van der Waals surface area contributed by atoms with E-state index in [1.54, 1.807) is 20.8 Å². The quantitative estimate of drug-likeness (QED) is 0.229. The number of rotatable bonds is 4. The Hall–Kier alpha value is -2.30. The summed E-state index contributed by atoms with van der Waals surface area (Å²) < 4.78 is 10.7. The highest BCUT2D eigenvalue weighted by Crippen LogP contribution is 2.66. The minimum absolute atomic E-state index is 0.0707. The zero-order valence-electron chi connectivity index (χ0n) is 22.1. The van der Waals surface area contributed by atoms with E-state index in [4.69, 9.17) is 32.7 Å². The van der Waals surface area contributed by atoms with Gasteiger partial charge in [-0.1, -0.05) is 27.6 Å². The molecule has 0 bridgehead atoms. The Morgan fingerprint density at radius 2 is 1.62 bits per heavy atom. The Morgan fingerprint density at radius 1 is 1.03 bits per heavy atom. The van der Waals surface area contributed by atoms with Crippen LogP contribution in [-0.2, 0) is 19.2 Å². The van der Waals surface area contributed by atoms with Crippen molar-refractivity contribution in [3.63, 3.8) is 0 Å². The topological polar surface area (TPSA) is 113 Å². The van der Waals surface area contributed by atoms with Gasteiger partial charge in [0.25, 0.3) is 11.8 Å². The maximum Gasteiger partial charge on any atom is 0.254 e. The number of carbonyl (C=O) groups is 4. The third kappa shape index (κ3) is 3.56. The standard InChI is InChI=1S/C27H29BrCl2N2O7/c1-25(2,3)32-21(34)14-7-6-13-15(18(14)22(32)35)10-26(29)23(36)31(11-28)24(37)27(26,30)19(13)12-8-16(38-4)20(33)17(9-12)39-5/h6,8-9,14-15,18-19,33H,7,10-11H2,1-5H3/t14-,15+,18-,19-,26+,27-/m0/s1. The summed E-state index contributed by atoms with van der Waals surface area (Å²) in [5.74, 6) is -5.06. The number of benzene rings is 1. The van der Waals surface area contributed by atoms with Crippen LogP contribution in [0.4, 0.5) is 0 Å². The zero-order valence-corrected chi connectivity index (χ0v) is 25.2. The maximum atomic E-state index is 13.9. The molecule has 1 aromatic carbocycles. The molecule has 4 aliphatic rings. The second-order valence-electron chi connectivity index (χ2n) is 11.4. The molecule has 0 radical (unpaired) electrons. The van der Waals surface area contributed by atoms with Gasteiger partial charge in [-0.2, -0.15) is 0 Å². The Labute approximate surface area is 244 Å². The molecule has 1 aromatic rings. The van der Waals surface area contributed by atoms with Crippen molar-refractivity contribution in [3.8, 4) is 17.2 Å². The van der Waals surface area contributed by atoms with E-state index in [0.29, 0.717) is 11.1 Å². The molecule has 6 atom stereocenters. The predicted molar refractivity (Wildman–Crippen MR) is 146 cm³/mol. The molecule has 2 aliphatic carbocycles. The van der Waals surface area contributed by atoms with Crippen molar-refractivity contribution in [3.05, 3.63) is 29.3 Å². The summed E-state index contributed by atoms with van der Waals surface area (Å²) >= 11 is 17.7. The van der Waals surface area contributed by atoms with Crippen molar-refractivity contribution >= 4 is 62.8 Å². The molecule has 1 saturated carbocycles. The second kappa shape index (κ2) is 9.11. The summed E-state index contributed by atoms with van der Waals surface area (Å²) in [6, 6.07) is 3.05. The van der Waals surface area contributed by atoms with Gasteiger partial charge in [-0.25, -0.2) is 0 Å². The number of phenolic OH excluding ortho intramolecular Hbond substituents is 1. The number of hydrogen-bond donors (Lipinski definition) is 1. The fraction of sp³-hybridized carbons (Fsp3) is 0.556. The van der Waals surface area contributed by atoms with E-state index < -0.39 is 50.8 Å². The summed E-state index contributed by atoms with van der Waals surface area (Å²) in [7, 11) is 2.74. The lowest BCUT2D eigenvalue weighted by Crippen LogP contribution is -2.60. The van der Waals surface area contributed by atoms with Crippen LogP contribution in [0.1, 0.15) is 45.1 Å². The molecule has 0 spiro atoms. The number of alkyl halides is 3. The summed E-state index contributed by atoms with van der Waals surface area (Å²) in [5.41, 5.74) is 0.205.